The van der Waals surface area contributed by atoms with Crippen LogP contribution in [0.3, 0.4) is 0 Å². The van der Waals surface area contributed by atoms with Crippen molar-refractivity contribution in [3.63, 3.8) is 0 Å². The van der Waals surface area contributed by atoms with E-state index in [1.165, 1.54) is 19.3 Å². The Balaban J connectivity index is 1.49. The van der Waals surface area contributed by atoms with Crippen LogP contribution in [0, 0.1) is 5.92 Å². The van der Waals surface area contributed by atoms with Gasteiger partial charge in [-0.15, -0.1) is 0 Å². The van der Waals surface area contributed by atoms with Crippen LogP contribution in [0.4, 0.5) is 11.4 Å². The minimum Gasteiger partial charge on any atom is -0.478 e. The molecule has 2 aliphatic heterocycles. The summed E-state index contributed by atoms with van der Waals surface area (Å²) in [6.45, 7) is 3.40. The summed E-state index contributed by atoms with van der Waals surface area (Å²) in [6.07, 6.45) is 9.53. The van der Waals surface area contributed by atoms with E-state index in [1.807, 2.05) is 17.9 Å². The lowest BCUT2D eigenvalue weighted by atomic mass is 9.87. The third kappa shape index (κ3) is 5.25. The molecular weight excluding hydrogens is 406 g/mol. The van der Waals surface area contributed by atoms with Crippen molar-refractivity contribution >= 4 is 29.1 Å². The number of benzene rings is 1. The van der Waals surface area contributed by atoms with Gasteiger partial charge in [0.2, 0.25) is 11.8 Å². The molecule has 0 spiro atoms. The third-order valence-corrected chi connectivity index (χ3v) is 6.92. The Labute approximate surface area is 190 Å². The summed E-state index contributed by atoms with van der Waals surface area (Å²) >= 11 is 0. The topological polar surface area (TPSA) is 79.0 Å². The summed E-state index contributed by atoms with van der Waals surface area (Å²) in [5, 5.41) is 2.99. The summed E-state index contributed by atoms with van der Waals surface area (Å²) in [6, 6.07) is 5.37. The first-order valence-electron chi connectivity index (χ1n) is 12.2. The third-order valence-electron chi connectivity index (χ3n) is 6.92. The molecule has 1 saturated carbocycles. The molecule has 2 heterocycles. The van der Waals surface area contributed by atoms with Gasteiger partial charge in [0.25, 0.3) is 5.91 Å². The number of likely N-dealkylation sites (tertiary alicyclic amines) is 1. The Morgan fingerprint density at radius 1 is 1.06 bits per heavy atom. The van der Waals surface area contributed by atoms with Crippen LogP contribution in [0.1, 0.15) is 71.1 Å². The Bertz CT molecular complexity index is 844. The van der Waals surface area contributed by atoms with Crippen LogP contribution in [0.15, 0.2) is 18.2 Å². The van der Waals surface area contributed by atoms with Crippen LogP contribution in [-0.2, 0) is 14.4 Å². The van der Waals surface area contributed by atoms with Crippen LogP contribution in [0.2, 0.25) is 0 Å². The van der Waals surface area contributed by atoms with Crippen LogP contribution >= 0.6 is 0 Å². The number of ether oxygens (including phenoxy) is 1. The number of amides is 3. The number of carbonyl (C=O) groups is 3. The second-order valence-electron chi connectivity index (χ2n) is 9.32. The number of rotatable bonds is 6. The maximum absolute atomic E-state index is 13.1. The van der Waals surface area contributed by atoms with Crippen molar-refractivity contribution in [2.24, 2.45) is 5.92 Å². The van der Waals surface area contributed by atoms with Gasteiger partial charge in [0, 0.05) is 25.2 Å². The van der Waals surface area contributed by atoms with Gasteiger partial charge >= 0.3 is 0 Å². The first-order valence-corrected chi connectivity index (χ1v) is 12.2. The molecule has 1 aromatic carbocycles. The van der Waals surface area contributed by atoms with E-state index in [0.717, 1.165) is 45.2 Å². The lowest BCUT2D eigenvalue weighted by Gasteiger charge is -2.36. The normalized spacial score (nSPS) is 21.7. The van der Waals surface area contributed by atoms with E-state index in [9.17, 15) is 14.4 Å². The Kier molecular flexibility index (Phi) is 7.33. The number of hydrogen-bond donors (Lipinski definition) is 1. The molecule has 1 aliphatic carbocycles. The number of anilines is 2. The van der Waals surface area contributed by atoms with E-state index in [2.05, 4.69) is 5.32 Å². The standard InChI is InChI=1S/C25H35N3O4/c1-2-21-25(31)28(17-24(30)27-13-7-4-8-14-27)20-16-19(11-12-22(20)32-21)26-23(29)15-18-9-5-3-6-10-18/h11-12,16,18,21H,2-10,13-15,17H2,1H3,(H,26,29). The molecule has 174 valence electrons. The first kappa shape index (κ1) is 22.6. The Morgan fingerprint density at radius 2 is 1.78 bits per heavy atom. The Morgan fingerprint density at radius 3 is 2.50 bits per heavy atom. The maximum atomic E-state index is 13.1. The van der Waals surface area contributed by atoms with E-state index < -0.39 is 6.10 Å². The smallest absolute Gasteiger partial charge is 0.268 e. The molecule has 1 atom stereocenters. The van der Waals surface area contributed by atoms with Crippen molar-refractivity contribution < 1.29 is 19.1 Å². The molecule has 3 aliphatic rings. The van der Waals surface area contributed by atoms with Crippen molar-refractivity contribution in [1.82, 2.24) is 4.90 Å². The molecule has 0 radical (unpaired) electrons. The molecule has 32 heavy (non-hydrogen) atoms. The molecule has 1 N–H and O–H groups in total. The van der Waals surface area contributed by atoms with Gasteiger partial charge < -0.3 is 15.0 Å². The summed E-state index contributed by atoms with van der Waals surface area (Å²) in [5.41, 5.74) is 1.19. The monoisotopic (exact) mass is 441 g/mol. The van der Waals surface area contributed by atoms with Gasteiger partial charge in [0.15, 0.2) is 6.10 Å². The average molecular weight is 442 g/mol. The summed E-state index contributed by atoms with van der Waals surface area (Å²) in [5.74, 6) is 0.800. The number of piperidine rings is 1. The number of nitrogens with one attached hydrogen (secondary N) is 1. The van der Waals surface area contributed by atoms with Gasteiger partial charge in [0.05, 0.1) is 5.69 Å². The second kappa shape index (κ2) is 10.4. The van der Waals surface area contributed by atoms with Crippen molar-refractivity contribution in [3.05, 3.63) is 18.2 Å². The fourth-order valence-corrected chi connectivity index (χ4v) is 5.07. The van der Waals surface area contributed by atoms with Gasteiger partial charge in [0.1, 0.15) is 12.3 Å². The van der Waals surface area contributed by atoms with E-state index >= 15 is 0 Å². The molecule has 4 rings (SSSR count). The molecule has 1 unspecified atom stereocenters. The van der Waals surface area contributed by atoms with Crippen LogP contribution < -0.4 is 15.0 Å². The van der Waals surface area contributed by atoms with Gasteiger partial charge in [-0.05, 0) is 62.6 Å². The van der Waals surface area contributed by atoms with E-state index in [0.29, 0.717) is 35.9 Å². The fraction of sp³-hybridized carbons (Fsp3) is 0.640. The predicted molar refractivity (Wildman–Crippen MR) is 124 cm³/mol. The molecule has 7 heteroatoms. The van der Waals surface area contributed by atoms with E-state index in [4.69, 9.17) is 4.74 Å². The molecule has 2 fully saturated rings. The Hall–Kier alpha value is -2.57. The largest absolute Gasteiger partial charge is 0.478 e. The maximum Gasteiger partial charge on any atom is 0.268 e. The van der Waals surface area contributed by atoms with Crippen molar-refractivity contribution in [2.75, 3.05) is 29.9 Å². The molecule has 1 saturated heterocycles. The number of fused-ring (bicyclic) bond motifs is 1. The zero-order chi connectivity index (χ0) is 22.5. The average Bonchev–Trinajstić information content (AvgIpc) is 2.82. The van der Waals surface area contributed by atoms with Gasteiger partial charge in [-0.3, -0.25) is 19.3 Å². The summed E-state index contributed by atoms with van der Waals surface area (Å²) in [4.78, 5) is 42.0. The molecule has 7 nitrogen and oxygen atoms in total. The lowest BCUT2D eigenvalue weighted by molar-refractivity contribution is -0.134. The second-order valence-corrected chi connectivity index (χ2v) is 9.32. The lowest BCUT2D eigenvalue weighted by Crippen LogP contribution is -2.51. The zero-order valence-corrected chi connectivity index (χ0v) is 19.1. The van der Waals surface area contributed by atoms with Crippen LogP contribution in [0.25, 0.3) is 0 Å². The zero-order valence-electron chi connectivity index (χ0n) is 19.1. The van der Waals surface area contributed by atoms with Crippen molar-refractivity contribution in [1.29, 1.82) is 0 Å². The molecule has 0 bridgehead atoms. The number of nitrogens with zero attached hydrogens (tertiary/aromatic N) is 2. The minimum absolute atomic E-state index is 0.00211. The predicted octanol–water partition coefficient (Wildman–Crippen LogP) is 4.11. The summed E-state index contributed by atoms with van der Waals surface area (Å²) < 4.78 is 5.90. The highest BCUT2D eigenvalue weighted by Crippen LogP contribution is 2.37. The number of hydrogen-bond acceptors (Lipinski definition) is 4. The highest BCUT2D eigenvalue weighted by molar-refractivity contribution is 6.04. The van der Waals surface area contributed by atoms with Gasteiger partial charge in [-0.2, -0.15) is 0 Å². The first-order chi connectivity index (χ1) is 15.5. The molecule has 3 amide bonds. The molecule has 1 aromatic rings. The highest BCUT2D eigenvalue weighted by atomic mass is 16.5. The minimum atomic E-state index is -0.594. The fourth-order valence-electron chi connectivity index (χ4n) is 5.07. The molecule has 0 aromatic heterocycles. The summed E-state index contributed by atoms with van der Waals surface area (Å²) in [7, 11) is 0. The van der Waals surface area contributed by atoms with Gasteiger partial charge in [-0.1, -0.05) is 26.2 Å². The van der Waals surface area contributed by atoms with Gasteiger partial charge in [-0.25, -0.2) is 0 Å². The van der Waals surface area contributed by atoms with Crippen molar-refractivity contribution in [2.45, 2.75) is 77.2 Å². The SMILES string of the molecule is CCC1Oc2ccc(NC(=O)CC3CCCCC3)cc2N(CC(=O)N2CCCCC2)C1=O. The quantitative estimate of drug-likeness (QED) is 0.721. The van der Waals surface area contributed by atoms with Crippen molar-refractivity contribution in [3.8, 4) is 5.75 Å². The molecular formula is C25H35N3O4. The van der Waals surface area contributed by atoms with Crippen LogP contribution in [0.5, 0.6) is 5.75 Å². The van der Waals surface area contributed by atoms with Crippen LogP contribution in [-0.4, -0.2) is 48.4 Å². The number of carbonyl (C=O) groups excluding carboxylic acids is 3. The van der Waals surface area contributed by atoms with E-state index in [1.54, 1.807) is 17.0 Å². The van der Waals surface area contributed by atoms with E-state index in [-0.39, 0.29) is 24.3 Å². The highest BCUT2D eigenvalue weighted by Gasteiger charge is 2.35.